The zero-order chi connectivity index (χ0) is 42.5. The summed E-state index contributed by atoms with van der Waals surface area (Å²) in [4.78, 5) is 74.2. The number of carbonyl (C=O) groups excluding carboxylic acids is 5. The van der Waals surface area contributed by atoms with Crippen molar-refractivity contribution in [3.05, 3.63) is 87.7 Å². The molecular formula is C46H48ClN7O6. The smallest absolute Gasteiger partial charge is 0.270 e. The number of benzene rings is 2. The van der Waals surface area contributed by atoms with Gasteiger partial charge in [-0.1, -0.05) is 51.1 Å². The number of likely N-dealkylation sites (tertiary alicyclic amines) is 1. The molecule has 60 heavy (non-hydrogen) atoms. The standard InChI is InChI=1S/C46H48ClN7O6/c1-45(2)43(46(3,4)44(45)60-32-10-8-29(25-48)35(47)24-32)51-39(56)36-12-7-28(26-49-36)6-5-27-15-19-52(20-16-27)30-17-21-53(22-18-30)31-9-11-33-34(23-31)42(59)54(41(33)58)37-13-14-38(55)50-40(37)57/h7-12,23-24,26-27,30,37,43-44H,13-22H2,1-4H3,(H,51,56)(H,50,55,57)/t37?,43-,44-. The lowest BCUT2D eigenvalue weighted by Gasteiger charge is -2.63. The maximum Gasteiger partial charge on any atom is 0.270 e. The van der Waals surface area contributed by atoms with E-state index in [4.69, 9.17) is 16.3 Å². The number of aromatic nitrogens is 1. The van der Waals surface area contributed by atoms with Gasteiger partial charge in [0.1, 0.15) is 29.7 Å². The molecule has 2 aromatic carbocycles. The third-order valence-electron chi connectivity index (χ3n) is 13.1. The van der Waals surface area contributed by atoms with E-state index in [1.807, 2.05) is 12.1 Å². The molecular weight excluding hydrogens is 782 g/mol. The van der Waals surface area contributed by atoms with Gasteiger partial charge in [0, 0.05) is 71.9 Å². The predicted molar refractivity (Wildman–Crippen MR) is 223 cm³/mol. The molecule has 4 fully saturated rings. The SMILES string of the molecule is CC1(C)[C@H](NC(=O)c2ccc(C#CC3CCN(C4CCN(c5ccc6c(c5)C(=O)N(C5CCC(=O)NC5=O)C6=O)CC4)CC3)cn2)C(C)(C)[C@H]1Oc1ccc(C#N)c(Cl)c1. The first-order chi connectivity index (χ1) is 28.6. The van der Waals surface area contributed by atoms with E-state index in [-0.39, 0.29) is 47.6 Å². The molecule has 1 saturated carbocycles. The molecule has 5 heterocycles. The summed E-state index contributed by atoms with van der Waals surface area (Å²) in [6, 6.07) is 15.3. The maximum atomic E-state index is 13.4. The summed E-state index contributed by atoms with van der Waals surface area (Å²) in [6.45, 7) is 11.8. The molecule has 310 valence electrons. The van der Waals surface area contributed by atoms with E-state index in [0.717, 1.165) is 68.0 Å². The number of anilines is 1. The Balaban J connectivity index is 0.794. The molecule has 2 N–H and O–H groups in total. The number of hydrogen-bond donors (Lipinski definition) is 2. The molecule has 14 heteroatoms. The molecule has 0 spiro atoms. The van der Waals surface area contributed by atoms with Gasteiger partial charge in [-0.05, 0) is 87.7 Å². The van der Waals surface area contributed by atoms with Crippen molar-refractivity contribution in [3.63, 3.8) is 0 Å². The first-order valence-electron chi connectivity index (χ1n) is 20.6. The number of pyridine rings is 1. The van der Waals surface area contributed by atoms with E-state index in [1.165, 1.54) is 0 Å². The number of nitrogens with zero attached hydrogens (tertiary/aromatic N) is 5. The minimum atomic E-state index is -0.978. The van der Waals surface area contributed by atoms with Crippen molar-refractivity contribution in [1.29, 1.82) is 5.26 Å². The second-order valence-corrected chi connectivity index (χ2v) is 18.1. The highest BCUT2D eigenvalue weighted by molar-refractivity contribution is 6.31. The van der Waals surface area contributed by atoms with Gasteiger partial charge < -0.3 is 19.9 Å². The summed E-state index contributed by atoms with van der Waals surface area (Å²) in [5.41, 5.74) is 2.17. The monoisotopic (exact) mass is 829 g/mol. The molecule has 0 bridgehead atoms. The molecule has 1 atom stereocenters. The van der Waals surface area contributed by atoms with Crippen molar-refractivity contribution in [2.45, 2.75) is 90.4 Å². The molecule has 5 amide bonds. The summed E-state index contributed by atoms with van der Waals surface area (Å²) >= 11 is 6.24. The third-order valence-corrected chi connectivity index (χ3v) is 13.5. The van der Waals surface area contributed by atoms with Crippen LogP contribution in [0.1, 0.15) is 109 Å². The molecule has 8 rings (SSSR count). The minimum Gasteiger partial charge on any atom is -0.489 e. The van der Waals surface area contributed by atoms with Gasteiger partial charge >= 0.3 is 0 Å². The normalized spacial score (nSPS) is 24.1. The van der Waals surface area contributed by atoms with Crippen molar-refractivity contribution >= 4 is 46.8 Å². The Bertz CT molecular complexity index is 2350. The molecule has 1 aromatic heterocycles. The third kappa shape index (κ3) is 7.61. The van der Waals surface area contributed by atoms with Crippen molar-refractivity contribution in [2.75, 3.05) is 31.1 Å². The highest BCUT2D eigenvalue weighted by atomic mass is 35.5. The van der Waals surface area contributed by atoms with Gasteiger partial charge in [0.15, 0.2) is 0 Å². The van der Waals surface area contributed by atoms with Gasteiger partial charge in [0.05, 0.1) is 21.7 Å². The second-order valence-electron chi connectivity index (χ2n) is 17.7. The number of halogens is 1. The Morgan fingerprint density at radius 1 is 0.900 bits per heavy atom. The van der Waals surface area contributed by atoms with Crippen LogP contribution in [0.15, 0.2) is 54.7 Å². The van der Waals surface area contributed by atoms with Crippen LogP contribution in [0.2, 0.25) is 5.02 Å². The van der Waals surface area contributed by atoms with E-state index >= 15 is 0 Å². The predicted octanol–water partition coefficient (Wildman–Crippen LogP) is 5.35. The highest BCUT2D eigenvalue weighted by Gasteiger charge is 2.64. The Morgan fingerprint density at radius 3 is 2.27 bits per heavy atom. The zero-order valence-electron chi connectivity index (χ0n) is 34.2. The van der Waals surface area contributed by atoms with Crippen LogP contribution in [0, 0.1) is 39.9 Å². The lowest BCUT2D eigenvalue weighted by atomic mass is 9.49. The number of piperidine rings is 3. The van der Waals surface area contributed by atoms with Crippen molar-refractivity contribution in [1.82, 2.24) is 25.4 Å². The number of rotatable bonds is 7. The summed E-state index contributed by atoms with van der Waals surface area (Å²) in [7, 11) is 0. The number of ether oxygens (including phenoxy) is 1. The number of carbonyl (C=O) groups is 5. The largest absolute Gasteiger partial charge is 0.489 e. The van der Waals surface area contributed by atoms with E-state index < -0.39 is 29.7 Å². The van der Waals surface area contributed by atoms with E-state index in [1.54, 1.807) is 42.6 Å². The first-order valence-corrected chi connectivity index (χ1v) is 21.0. The van der Waals surface area contributed by atoms with Crippen LogP contribution < -0.4 is 20.3 Å². The fraction of sp³-hybridized carbons (Fsp3) is 0.457. The van der Waals surface area contributed by atoms with E-state index in [2.05, 4.69) is 71.0 Å². The Labute approximate surface area is 354 Å². The second kappa shape index (κ2) is 16.0. The number of hydrogen-bond acceptors (Lipinski definition) is 10. The minimum absolute atomic E-state index is 0.0871. The Kier molecular flexibility index (Phi) is 10.9. The number of nitriles is 1. The summed E-state index contributed by atoms with van der Waals surface area (Å²) in [5, 5.41) is 15.0. The van der Waals surface area contributed by atoms with E-state index in [9.17, 15) is 29.2 Å². The van der Waals surface area contributed by atoms with Gasteiger partial charge in [-0.3, -0.25) is 34.2 Å². The molecule has 0 radical (unpaired) electrons. The van der Waals surface area contributed by atoms with Crippen LogP contribution in [-0.2, 0) is 9.59 Å². The Hall–Kier alpha value is -5.76. The summed E-state index contributed by atoms with van der Waals surface area (Å²) in [6.07, 6.45) is 5.57. The van der Waals surface area contributed by atoms with Crippen LogP contribution in [-0.4, -0.2) is 94.7 Å². The molecule has 13 nitrogen and oxygen atoms in total. The van der Waals surface area contributed by atoms with Gasteiger partial charge in [0.2, 0.25) is 11.8 Å². The highest BCUT2D eigenvalue weighted by Crippen LogP contribution is 2.55. The Morgan fingerprint density at radius 2 is 1.62 bits per heavy atom. The molecule has 4 aliphatic heterocycles. The summed E-state index contributed by atoms with van der Waals surface area (Å²) in [5.74, 6) is 5.33. The van der Waals surface area contributed by atoms with Gasteiger partial charge in [-0.15, -0.1) is 0 Å². The fourth-order valence-electron chi connectivity index (χ4n) is 10.1. The number of amides is 5. The van der Waals surface area contributed by atoms with Gasteiger partial charge in [-0.2, -0.15) is 5.26 Å². The van der Waals surface area contributed by atoms with Crippen LogP contribution in [0.5, 0.6) is 5.75 Å². The quantitative estimate of drug-likeness (QED) is 0.234. The topological polar surface area (TPSA) is 165 Å². The molecule has 5 aliphatic rings. The lowest BCUT2D eigenvalue weighted by molar-refractivity contribution is -0.164. The molecule has 3 aromatic rings. The number of nitrogens with one attached hydrogen (secondary N) is 2. The van der Waals surface area contributed by atoms with Crippen molar-refractivity contribution in [3.8, 4) is 23.7 Å². The van der Waals surface area contributed by atoms with Crippen LogP contribution in [0.25, 0.3) is 0 Å². The fourth-order valence-corrected chi connectivity index (χ4v) is 10.4. The number of imide groups is 2. The van der Waals surface area contributed by atoms with Crippen LogP contribution in [0.3, 0.4) is 0 Å². The maximum absolute atomic E-state index is 13.4. The lowest BCUT2D eigenvalue weighted by Crippen LogP contribution is -2.74. The molecule has 3 saturated heterocycles. The average molecular weight is 830 g/mol. The van der Waals surface area contributed by atoms with E-state index in [0.29, 0.717) is 39.2 Å². The number of fused-ring (bicyclic) bond motifs is 1. The molecule has 1 unspecified atom stereocenters. The summed E-state index contributed by atoms with van der Waals surface area (Å²) < 4.78 is 6.35. The average Bonchev–Trinajstić information content (AvgIpc) is 3.49. The molecule has 1 aliphatic carbocycles. The van der Waals surface area contributed by atoms with Gasteiger partial charge in [0.25, 0.3) is 17.7 Å². The van der Waals surface area contributed by atoms with Gasteiger partial charge in [-0.25, -0.2) is 4.98 Å². The zero-order valence-corrected chi connectivity index (χ0v) is 35.0. The van der Waals surface area contributed by atoms with Crippen molar-refractivity contribution in [2.24, 2.45) is 16.7 Å². The van der Waals surface area contributed by atoms with Crippen LogP contribution >= 0.6 is 11.6 Å². The first kappa shape index (κ1) is 41.0. The van der Waals surface area contributed by atoms with Crippen LogP contribution in [0.4, 0.5) is 5.69 Å². The van der Waals surface area contributed by atoms with Crippen molar-refractivity contribution < 1.29 is 28.7 Å².